The summed E-state index contributed by atoms with van der Waals surface area (Å²) in [4.78, 5) is 14.3. The van der Waals surface area contributed by atoms with Crippen molar-refractivity contribution >= 4 is 5.91 Å². The molecular formula is C26H52N2O3. The van der Waals surface area contributed by atoms with Gasteiger partial charge in [0.2, 0.25) is 5.91 Å². The average Bonchev–Trinajstić information content (AvgIpc) is 2.78. The van der Waals surface area contributed by atoms with E-state index in [9.17, 15) is 15.0 Å². The van der Waals surface area contributed by atoms with Crippen LogP contribution in [0.3, 0.4) is 0 Å². The molecule has 0 radical (unpaired) electrons. The fraction of sp³-hybridized carbons (Fsp3) is 0.962. The number of carbonyl (C=O) groups excluding carboxylic acids is 1. The highest BCUT2D eigenvalue weighted by molar-refractivity contribution is 5.76. The molecule has 5 heteroatoms. The van der Waals surface area contributed by atoms with Gasteiger partial charge in [-0.25, -0.2) is 0 Å². The predicted octanol–water partition coefficient (Wildman–Crippen LogP) is 5.04. The second kappa shape index (κ2) is 17.9. The molecule has 1 rings (SSSR count). The first-order valence-corrected chi connectivity index (χ1v) is 13.3. The van der Waals surface area contributed by atoms with Gasteiger partial charge in [0.15, 0.2) is 0 Å². The fourth-order valence-electron chi connectivity index (χ4n) is 4.91. The Morgan fingerprint density at radius 3 is 1.90 bits per heavy atom. The van der Waals surface area contributed by atoms with Gasteiger partial charge in [-0.1, -0.05) is 78.1 Å². The molecule has 2 unspecified atom stereocenters. The van der Waals surface area contributed by atoms with E-state index in [1.165, 1.54) is 57.8 Å². The first kappa shape index (κ1) is 28.4. The molecule has 1 saturated carbocycles. The van der Waals surface area contributed by atoms with Crippen LogP contribution >= 0.6 is 0 Å². The highest BCUT2D eigenvalue weighted by Crippen LogP contribution is 2.29. The predicted molar refractivity (Wildman–Crippen MR) is 130 cm³/mol. The summed E-state index contributed by atoms with van der Waals surface area (Å²) in [5.41, 5.74) is 0. The Kier molecular flexibility index (Phi) is 16.3. The van der Waals surface area contributed by atoms with Crippen molar-refractivity contribution in [3.63, 3.8) is 0 Å². The first-order chi connectivity index (χ1) is 15.0. The maximum absolute atomic E-state index is 12.3. The Hall–Kier alpha value is -0.650. The van der Waals surface area contributed by atoms with Gasteiger partial charge >= 0.3 is 0 Å². The third kappa shape index (κ3) is 12.2. The van der Waals surface area contributed by atoms with Gasteiger partial charge in [0.1, 0.15) is 0 Å². The number of hydrogen-bond acceptors (Lipinski definition) is 4. The zero-order valence-electron chi connectivity index (χ0n) is 20.8. The van der Waals surface area contributed by atoms with Crippen LogP contribution in [0.25, 0.3) is 0 Å². The fourth-order valence-corrected chi connectivity index (χ4v) is 4.91. The molecular weight excluding hydrogens is 388 g/mol. The molecule has 0 bridgehead atoms. The van der Waals surface area contributed by atoms with Crippen molar-refractivity contribution in [2.24, 2.45) is 5.92 Å². The van der Waals surface area contributed by atoms with Crippen LogP contribution in [0.4, 0.5) is 0 Å². The Labute approximate surface area is 192 Å². The monoisotopic (exact) mass is 440 g/mol. The van der Waals surface area contributed by atoms with Gasteiger partial charge < -0.3 is 15.5 Å². The number of nitrogens with zero attached hydrogens (tertiary/aromatic N) is 1. The van der Waals surface area contributed by atoms with Crippen molar-refractivity contribution in [3.8, 4) is 0 Å². The maximum Gasteiger partial charge on any atom is 0.220 e. The SMILES string of the molecule is CCCCCCCCCCCCCC(=O)NC1CCC(C(O)C(CO)N(C)CC)CC1. The topological polar surface area (TPSA) is 72.8 Å². The standard InChI is InChI=1S/C26H52N2O3/c1-4-6-7-8-9-10-11-12-13-14-15-16-25(30)27-23-19-17-22(18-20-23)26(31)24(21-29)28(3)5-2/h22-24,26,29,31H,4-21H2,1-3H3,(H,27,30). The van der Waals surface area contributed by atoms with E-state index in [1.807, 2.05) is 18.9 Å². The van der Waals surface area contributed by atoms with Crippen molar-refractivity contribution in [1.29, 1.82) is 0 Å². The van der Waals surface area contributed by atoms with Crippen LogP contribution in [0.2, 0.25) is 0 Å². The number of carbonyl (C=O) groups is 1. The van der Waals surface area contributed by atoms with Crippen molar-refractivity contribution in [3.05, 3.63) is 0 Å². The second-order valence-corrected chi connectivity index (χ2v) is 9.78. The second-order valence-electron chi connectivity index (χ2n) is 9.78. The molecule has 1 fully saturated rings. The number of aliphatic hydroxyl groups excluding tert-OH is 2. The lowest BCUT2D eigenvalue weighted by Gasteiger charge is -2.37. The number of amides is 1. The lowest BCUT2D eigenvalue weighted by Crippen LogP contribution is -2.49. The summed E-state index contributed by atoms with van der Waals surface area (Å²) in [6.45, 7) is 5.10. The van der Waals surface area contributed by atoms with E-state index >= 15 is 0 Å². The highest BCUT2D eigenvalue weighted by atomic mass is 16.3. The molecule has 184 valence electrons. The molecule has 0 aliphatic heterocycles. The van der Waals surface area contributed by atoms with Crippen LogP contribution in [0.5, 0.6) is 0 Å². The molecule has 0 spiro atoms. The van der Waals surface area contributed by atoms with Crippen LogP contribution in [-0.2, 0) is 4.79 Å². The van der Waals surface area contributed by atoms with E-state index in [1.54, 1.807) is 0 Å². The zero-order chi connectivity index (χ0) is 22.9. The lowest BCUT2D eigenvalue weighted by atomic mass is 9.80. The van der Waals surface area contributed by atoms with Crippen molar-refractivity contribution in [2.45, 2.75) is 135 Å². The third-order valence-corrected chi connectivity index (χ3v) is 7.27. The van der Waals surface area contributed by atoms with Crippen LogP contribution in [0.15, 0.2) is 0 Å². The molecule has 2 atom stereocenters. The van der Waals surface area contributed by atoms with E-state index in [-0.39, 0.29) is 30.5 Å². The van der Waals surface area contributed by atoms with Gasteiger partial charge in [0, 0.05) is 12.5 Å². The van der Waals surface area contributed by atoms with E-state index in [4.69, 9.17) is 0 Å². The molecule has 0 aromatic carbocycles. The zero-order valence-corrected chi connectivity index (χ0v) is 20.8. The van der Waals surface area contributed by atoms with Gasteiger partial charge in [-0.05, 0) is 51.6 Å². The molecule has 1 aliphatic rings. The molecule has 0 aromatic heterocycles. The van der Waals surface area contributed by atoms with Gasteiger partial charge in [-0.15, -0.1) is 0 Å². The van der Waals surface area contributed by atoms with Gasteiger partial charge in [0.05, 0.1) is 18.8 Å². The maximum atomic E-state index is 12.3. The normalized spacial score (nSPS) is 21.2. The van der Waals surface area contributed by atoms with Gasteiger partial charge in [-0.2, -0.15) is 0 Å². The van der Waals surface area contributed by atoms with Gasteiger partial charge in [-0.3, -0.25) is 9.69 Å². The summed E-state index contributed by atoms with van der Waals surface area (Å²) < 4.78 is 0. The lowest BCUT2D eigenvalue weighted by molar-refractivity contribution is -0.122. The Balaban J connectivity index is 2.06. The Morgan fingerprint density at radius 2 is 1.42 bits per heavy atom. The number of likely N-dealkylation sites (N-methyl/N-ethyl adjacent to an activating group) is 1. The Bertz CT molecular complexity index is 438. The molecule has 31 heavy (non-hydrogen) atoms. The highest BCUT2D eigenvalue weighted by Gasteiger charge is 2.33. The number of rotatable bonds is 18. The van der Waals surface area contributed by atoms with Crippen LogP contribution < -0.4 is 5.32 Å². The summed E-state index contributed by atoms with van der Waals surface area (Å²) in [5.74, 6) is 0.407. The van der Waals surface area contributed by atoms with E-state index in [0.29, 0.717) is 6.42 Å². The minimum atomic E-state index is -0.497. The number of aliphatic hydroxyl groups is 2. The van der Waals surface area contributed by atoms with Crippen LogP contribution in [0.1, 0.15) is 117 Å². The quantitative estimate of drug-likeness (QED) is 0.261. The molecule has 0 aromatic rings. The van der Waals surface area contributed by atoms with Crippen molar-refractivity contribution in [1.82, 2.24) is 10.2 Å². The first-order valence-electron chi connectivity index (χ1n) is 13.3. The number of nitrogens with one attached hydrogen (secondary N) is 1. The minimum Gasteiger partial charge on any atom is -0.395 e. The largest absolute Gasteiger partial charge is 0.395 e. The molecule has 5 nitrogen and oxygen atoms in total. The molecule has 1 amide bonds. The number of hydrogen-bond donors (Lipinski definition) is 3. The van der Waals surface area contributed by atoms with Crippen molar-refractivity contribution < 1.29 is 15.0 Å². The summed E-state index contributed by atoms with van der Waals surface area (Å²) in [6.07, 6.45) is 18.2. The summed E-state index contributed by atoms with van der Waals surface area (Å²) in [6, 6.07) is 0.0577. The molecule has 1 aliphatic carbocycles. The summed E-state index contributed by atoms with van der Waals surface area (Å²) in [5, 5.41) is 23.5. The molecule has 0 heterocycles. The van der Waals surface area contributed by atoms with Crippen molar-refractivity contribution in [2.75, 3.05) is 20.2 Å². The van der Waals surface area contributed by atoms with Crippen LogP contribution in [0, 0.1) is 5.92 Å². The van der Waals surface area contributed by atoms with E-state index in [2.05, 4.69) is 12.2 Å². The average molecular weight is 441 g/mol. The van der Waals surface area contributed by atoms with E-state index in [0.717, 1.165) is 45.1 Å². The smallest absolute Gasteiger partial charge is 0.220 e. The number of unbranched alkanes of at least 4 members (excludes halogenated alkanes) is 10. The van der Waals surface area contributed by atoms with E-state index < -0.39 is 6.10 Å². The summed E-state index contributed by atoms with van der Waals surface area (Å²) in [7, 11) is 1.95. The minimum absolute atomic E-state index is 0.0128. The van der Waals surface area contributed by atoms with Crippen LogP contribution in [-0.4, -0.2) is 59.4 Å². The molecule has 0 saturated heterocycles. The van der Waals surface area contributed by atoms with Gasteiger partial charge in [0.25, 0.3) is 0 Å². The Morgan fingerprint density at radius 1 is 0.903 bits per heavy atom. The molecule has 3 N–H and O–H groups in total. The summed E-state index contributed by atoms with van der Waals surface area (Å²) >= 11 is 0. The third-order valence-electron chi connectivity index (χ3n) is 7.27.